The van der Waals surface area contributed by atoms with Crippen molar-refractivity contribution in [1.82, 2.24) is 4.90 Å². The number of para-hydroxylation sites is 1. The summed E-state index contributed by atoms with van der Waals surface area (Å²) in [6.07, 6.45) is 6.73. The molecule has 2 aliphatic carbocycles. The van der Waals surface area contributed by atoms with E-state index in [0.29, 0.717) is 12.0 Å². The average molecular weight is 599 g/mol. The smallest absolute Gasteiger partial charge is 0.262 e. The topological polar surface area (TPSA) is 33.7 Å². The number of ether oxygens (including phenoxy) is 1. The summed E-state index contributed by atoms with van der Waals surface area (Å²) in [5.74, 6) is 1.43. The van der Waals surface area contributed by atoms with Gasteiger partial charge in [-0.2, -0.15) is 0 Å². The molecule has 2 bridgehead atoms. The third-order valence-electron chi connectivity index (χ3n) is 10.9. The van der Waals surface area contributed by atoms with Gasteiger partial charge in [-0.25, -0.2) is 0 Å². The van der Waals surface area contributed by atoms with Crippen molar-refractivity contribution < 1.29 is 9.16 Å². The zero-order chi connectivity index (χ0) is 30.1. The van der Waals surface area contributed by atoms with E-state index in [1.807, 2.05) is 0 Å². The summed E-state index contributed by atoms with van der Waals surface area (Å²) in [4.78, 5) is 2.58. The van der Waals surface area contributed by atoms with Crippen LogP contribution in [0.5, 0.6) is 5.75 Å². The lowest BCUT2D eigenvalue weighted by Crippen LogP contribution is -2.71. The van der Waals surface area contributed by atoms with Gasteiger partial charge >= 0.3 is 0 Å². The predicted octanol–water partition coefficient (Wildman–Crippen LogP) is 6.82. The highest BCUT2D eigenvalue weighted by Gasteiger charge is 2.66. The third-order valence-corrected chi connectivity index (χ3v) is 16.0. The third kappa shape index (κ3) is 3.95. The van der Waals surface area contributed by atoms with E-state index in [-0.39, 0.29) is 22.7 Å². The molecule has 1 saturated heterocycles. The molecule has 4 aromatic rings. The van der Waals surface area contributed by atoms with Crippen molar-refractivity contribution in [3.8, 4) is 5.75 Å². The van der Waals surface area contributed by atoms with Gasteiger partial charge in [0.15, 0.2) is 0 Å². The molecule has 1 fully saturated rings. The Morgan fingerprint density at radius 2 is 1.48 bits per heavy atom. The molecule has 2 heterocycles. The van der Waals surface area contributed by atoms with Crippen molar-refractivity contribution in [1.29, 1.82) is 0 Å². The normalized spacial score (nSPS) is 27.0. The van der Waals surface area contributed by atoms with Crippen LogP contribution in [0.4, 0.5) is 11.4 Å². The van der Waals surface area contributed by atoms with Gasteiger partial charge in [0.05, 0.1) is 5.69 Å². The molecule has 0 radical (unpaired) electrons. The van der Waals surface area contributed by atoms with Gasteiger partial charge in [0.25, 0.3) is 8.32 Å². The number of hydrogen-bond donors (Lipinski definition) is 1. The van der Waals surface area contributed by atoms with E-state index < -0.39 is 8.32 Å². The first-order chi connectivity index (χ1) is 21.3. The van der Waals surface area contributed by atoms with Gasteiger partial charge in [-0.1, -0.05) is 118 Å². The summed E-state index contributed by atoms with van der Waals surface area (Å²) < 4.78 is 15.2. The summed E-state index contributed by atoms with van der Waals surface area (Å²) in [7, 11) is -0.504. The van der Waals surface area contributed by atoms with Crippen LogP contribution in [0.1, 0.15) is 38.3 Å². The quantitative estimate of drug-likeness (QED) is 0.195. The van der Waals surface area contributed by atoms with Gasteiger partial charge in [-0.3, -0.25) is 0 Å². The van der Waals surface area contributed by atoms with Gasteiger partial charge in [0, 0.05) is 28.6 Å². The molecule has 1 N–H and O–H groups in total. The van der Waals surface area contributed by atoms with E-state index in [1.54, 1.807) is 0 Å². The fourth-order valence-electron chi connectivity index (χ4n) is 9.01. The number of benzene rings is 4. The summed E-state index contributed by atoms with van der Waals surface area (Å²) in [6, 6.07) is 37.5. The minimum absolute atomic E-state index is 0.0943. The molecular formula is C39H42N2O2Si. The van der Waals surface area contributed by atoms with Crippen LogP contribution >= 0.6 is 0 Å². The Bertz CT molecular complexity index is 1660. The van der Waals surface area contributed by atoms with Crippen LogP contribution < -0.4 is 20.4 Å². The van der Waals surface area contributed by atoms with Crippen molar-refractivity contribution >= 4 is 30.1 Å². The Hall–Kier alpha value is -3.64. The lowest BCUT2D eigenvalue weighted by Gasteiger charge is -2.58. The molecular weight excluding hydrogens is 557 g/mol. The number of nitrogens with zero attached hydrogens (tertiary/aromatic N) is 1. The molecule has 8 rings (SSSR count). The van der Waals surface area contributed by atoms with Crippen LogP contribution in [-0.2, 0) is 16.3 Å². The summed E-state index contributed by atoms with van der Waals surface area (Å²) in [5.41, 5.74) is 4.89. The van der Waals surface area contributed by atoms with E-state index >= 15 is 0 Å². The van der Waals surface area contributed by atoms with Crippen molar-refractivity contribution in [3.63, 3.8) is 0 Å². The highest BCUT2D eigenvalue weighted by molar-refractivity contribution is 6.99. The number of likely N-dealkylation sites (tertiary alicyclic amines) is 1. The molecule has 5 atom stereocenters. The van der Waals surface area contributed by atoms with Gasteiger partial charge in [0.1, 0.15) is 18.0 Å². The second-order valence-corrected chi connectivity index (χ2v) is 18.5. The van der Waals surface area contributed by atoms with Crippen molar-refractivity contribution in [2.75, 3.05) is 18.9 Å². The minimum atomic E-state index is -2.81. The standard InChI is InChI=1S/C39H42N2O2Si/c1-38(2,3)44(29-16-10-6-11-17-29,30-18-12-7-13-19-30)43-34-23-21-31-33-26-27-20-22-32(40-28-14-8-5-9-15-28)36-35(27)39(31,37(34)42-36)24-25-41(33)4/h5-23,31,33-34,37,40H,24-26H2,1-4H3/t31-,33+,34-,37-,39-/m0/s1. The maximum atomic E-state index is 7.84. The van der Waals surface area contributed by atoms with Crippen LogP contribution in [0, 0.1) is 5.92 Å². The van der Waals surface area contributed by atoms with Crippen LogP contribution in [-0.4, -0.2) is 45.1 Å². The maximum Gasteiger partial charge on any atom is 0.262 e. The molecule has 44 heavy (non-hydrogen) atoms. The first-order valence-electron chi connectivity index (χ1n) is 16.2. The highest BCUT2D eigenvalue weighted by atomic mass is 28.4. The average Bonchev–Trinajstić information content (AvgIpc) is 3.39. The molecule has 1 spiro atoms. The van der Waals surface area contributed by atoms with E-state index in [9.17, 15) is 0 Å². The van der Waals surface area contributed by atoms with Gasteiger partial charge < -0.3 is 19.4 Å². The van der Waals surface area contributed by atoms with Crippen molar-refractivity contribution in [3.05, 3.63) is 126 Å². The number of rotatable bonds is 6. The fraction of sp³-hybridized carbons (Fsp3) is 0.333. The molecule has 224 valence electrons. The zero-order valence-corrected chi connectivity index (χ0v) is 27.2. The van der Waals surface area contributed by atoms with Crippen molar-refractivity contribution in [2.24, 2.45) is 5.92 Å². The summed E-state index contributed by atoms with van der Waals surface area (Å²) in [5, 5.41) is 6.21. The molecule has 0 aromatic heterocycles. The predicted molar refractivity (Wildman–Crippen MR) is 182 cm³/mol. The first kappa shape index (κ1) is 27.9. The second-order valence-electron chi connectivity index (χ2n) is 14.2. The minimum Gasteiger partial charge on any atom is -0.484 e. The Balaban J connectivity index is 1.29. The monoisotopic (exact) mass is 598 g/mol. The number of piperidine rings is 1. The van der Waals surface area contributed by atoms with Crippen LogP contribution in [0.15, 0.2) is 115 Å². The lowest BCUT2D eigenvalue weighted by molar-refractivity contribution is -0.0402. The van der Waals surface area contributed by atoms with Gasteiger partial charge in [-0.15, -0.1) is 0 Å². The van der Waals surface area contributed by atoms with E-state index in [4.69, 9.17) is 9.16 Å². The van der Waals surface area contributed by atoms with E-state index in [1.165, 1.54) is 21.5 Å². The summed E-state index contributed by atoms with van der Waals surface area (Å²) in [6.45, 7) is 8.16. The fourth-order valence-corrected chi connectivity index (χ4v) is 13.6. The second kappa shape index (κ2) is 10.2. The Morgan fingerprint density at radius 3 is 2.11 bits per heavy atom. The Morgan fingerprint density at radius 1 is 0.841 bits per heavy atom. The SMILES string of the molecule is CN1CC[C@]23c4c5ccc(Nc6ccccc6)c4O[C@H]2[C@@H](O[Si](c2ccccc2)(c2ccccc2)C(C)(C)C)C=C[C@H]3[C@H]1C5. The Labute approximate surface area is 262 Å². The van der Waals surface area contributed by atoms with Crippen LogP contribution in [0.25, 0.3) is 0 Å². The molecule has 5 heteroatoms. The van der Waals surface area contributed by atoms with Crippen LogP contribution in [0.3, 0.4) is 0 Å². The van der Waals surface area contributed by atoms with Gasteiger partial charge in [0.2, 0.25) is 0 Å². The molecule has 0 unspecified atom stereocenters. The number of nitrogens with one attached hydrogen (secondary N) is 1. The Kier molecular flexibility index (Phi) is 6.46. The van der Waals surface area contributed by atoms with Gasteiger partial charge in [-0.05, 0) is 65.6 Å². The number of likely N-dealkylation sites (N-methyl/N-ethyl adjacent to an activating group) is 1. The molecule has 4 aliphatic rings. The highest BCUT2D eigenvalue weighted by Crippen LogP contribution is 2.63. The zero-order valence-electron chi connectivity index (χ0n) is 26.2. The first-order valence-corrected chi connectivity index (χ1v) is 18.1. The van der Waals surface area contributed by atoms with E-state index in [2.05, 4.69) is 153 Å². The maximum absolute atomic E-state index is 7.84. The molecule has 4 aromatic carbocycles. The molecule has 4 nitrogen and oxygen atoms in total. The van der Waals surface area contributed by atoms with Crippen molar-refractivity contribution in [2.45, 2.75) is 62.3 Å². The number of hydrogen-bond acceptors (Lipinski definition) is 4. The molecule has 2 aliphatic heterocycles. The molecule has 0 saturated carbocycles. The summed E-state index contributed by atoms with van der Waals surface area (Å²) >= 11 is 0. The number of anilines is 2. The lowest BCUT2D eigenvalue weighted by atomic mass is 9.53. The largest absolute Gasteiger partial charge is 0.484 e. The molecule has 0 amide bonds. The van der Waals surface area contributed by atoms with E-state index in [0.717, 1.165) is 36.5 Å². The van der Waals surface area contributed by atoms with Crippen LogP contribution in [0.2, 0.25) is 5.04 Å².